The van der Waals surface area contributed by atoms with Crippen LogP contribution < -0.4 is 10.9 Å². The van der Waals surface area contributed by atoms with Gasteiger partial charge in [0.2, 0.25) is 5.56 Å². The van der Waals surface area contributed by atoms with Crippen molar-refractivity contribution in [2.75, 3.05) is 11.9 Å². The zero-order chi connectivity index (χ0) is 16.4. The normalized spacial score (nSPS) is 23.8. The first-order chi connectivity index (χ1) is 11.8. The summed E-state index contributed by atoms with van der Waals surface area (Å²) >= 11 is 0. The second-order valence-electron chi connectivity index (χ2n) is 7.02. The van der Waals surface area contributed by atoms with Crippen molar-refractivity contribution >= 4 is 5.69 Å². The average molecular weight is 323 g/mol. The molecule has 0 amide bonds. The highest BCUT2D eigenvalue weighted by Gasteiger charge is 2.35. The Hall–Kier alpha value is -2.07. The summed E-state index contributed by atoms with van der Waals surface area (Å²) in [6.45, 7) is 1.93. The second-order valence-corrected chi connectivity index (χ2v) is 7.02. The smallest absolute Gasteiger partial charge is 0.248 e. The molecule has 2 N–H and O–H groups in total. The maximum Gasteiger partial charge on any atom is 0.248 e. The summed E-state index contributed by atoms with van der Waals surface area (Å²) in [5, 5.41) is 3.40. The van der Waals surface area contributed by atoms with E-state index in [0.717, 1.165) is 17.3 Å². The molecule has 2 atom stereocenters. The van der Waals surface area contributed by atoms with Gasteiger partial charge in [0.1, 0.15) is 0 Å². The second kappa shape index (κ2) is 6.81. The topological polar surface area (TPSA) is 48.1 Å². The Morgan fingerprint density at radius 2 is 1.96 bits per heavy atom. The highest BCUT2D eigenvalue weighted by molar-refractivity contribution is 5.45. The molecule has 2 aromatic rings. The molecule has 1 aromatic carbocycles. The minimum Gasteiger partial charge on any atom is -0.381 e. The number of hydrogen-bond acceptors (Lipinski definition) is 3. The third kappa shape index (κ3) is 3.24. The molecule has 0 saturated carbocycles. The van der Waals surface area contributed by atoms with Gasteiger partial charge >= 0.3 is 0 Å². The minimum atomic E-state index is -0.0537. The molecule has 4 nitrogen and oxygen atoms in total. The SMILES string of the molecule is O=c1cc(CNc2ccc(C3CCC4CCCCN43)cc2)cc[nH]1. The van der Waals surface area contributed by atoms with Crippen molar-refractivity contribution in [1.29, 1.82) is 0 Å². The standard InChI is InChI=1S/C20H25N3O/c24-20-13-15(10-11-21-20)14-22-17-6-4-16(5-7-17)19-9-8-18-3-1-2-12-23(18)19/h4-7,10-11,13,18-19,22H,1-3,8-9,12,14H2,(H,21,24). The van der Waals surface area contributed by atoms with Gasteiger partial charge in [0.25, 0.3) is 0 Å². The van der Waals surface area contributed by atoms with Gasteiger partial charge in [-0.2, -0.15) is 0 Å². The number of fused-ring (bicyclic) bond motifs is 1. The van der Waals surface area contributed by atoms with Gasteiger partial charge in [0, 0.05) is 36.6 Å². The molecule has 4 rings (SSSR count). The summed E-state index contributed by atoms with van der Waals surface area (Å²) in [5.41, 5.74) is 3.49. The van der Waals surface area contributed by atoms with Crippen LogP contribution in [0.3, 0.4) is 0 Å². The van der Waals surface area contributed by atoms with Crippen LogP contribution in [0.2, 0.25) is 0 Å². The average Bonchev–Trinajstić information content (AvgIpc) is 3.05. The van der Waals surface area contributed by atoms with E-state index in [4.69, 9.17) is 0 Å². The molecule has 2 fully saturated rings. The quantitative estimate of drug-likeness (QED) is 0.902. The first-order valence-corrected chi connectivity index (χ1v) is 9.07. The Balaban J connectivity index is 1.40. The van der Waals surface area contributed by atoms with Gasteiger partial charge < -0.3 is 10.3 Å². The van der Waals surface area contributed by atoms with Crippen LogP contribution in [0, 0.1) is 0 Å². The van der Waals surface area contributed by atoms with Gasteiger partial charge in [-0.1, -0.05) is 18.6 Å². The summed E-state index contributed by atoms with van der Waals surface area (Å²) in [6, 6.07) is 13.9. The number of nitrogens with zero attached hydrogens (tertiary/aromatic N) is 1. The van der Waals surface area contributed by atoms with E-state index in [1.165, 1.54) is 44.2 Å². The Kier molecular flexibility index (Phi) is 4.39. The molecule has 2 aliphatic rings. The van der Waals surface area contributed by atoms with Crippen LogP contribution >= 0.6 is 0 Å². The number of piperidine rings is 1. The zero-order valence-corrected chi connectivity index (χ0v) is 14.0. The number of H-pyrrole nitrogens is 1. The van der Waals surface area contributed by atoms with Crippen molar-refractivity contribution in [3.63, 3.8) is 0 Å². The summed E-state index contributed by atoms with van der Waals surface area (Å²) < 4.78 is 0. The number of pyridine rings is 1. The molecule has 4 heteroatoms. The lowest BCUT2D eigenvalue weighted by Gasteiger charge is -2.34. The van der Waals surface area contributed by atoms with Crippen molar-refractivity contribution in [3.8, 4) is 0 Å². The molecule has 0 bridgehead atoms. The van der Waals surface area contributed by atoms with Crippen LogP contribution in [0.15, 0.2) is 47.4 Å². The van der Waals surface area contributed by atoms with E-state index >= 15 is 0 Å². The first kappa shape index (κ1) is 15.5. The lowest BCUT2D eigenvalue weighted by molar-refractivity contribution is 0.150. The molecule has 0 aliphatic carbocycles. The van der Waals surface area contributed by atoms with Crippen molar-refractivity contribution in [2.24, 2.45) is 0 Å². The highest BCUT2D eigenvalue weighted by atomic mass is 16.1. The molecule has 2 saturated heterocycles. The number of anilines is 1. The van der Waals surface area contributed by atoms with Gasteiger partial charge in [0.05, 0.1) is 0 Å². The maximum absolute atomic E-state index is 11.3. The highest BCUT2D eigenvalue weighted by Crippen LogP contribution is 2.40. The van der Waals surface area contributed by atoms with E-state index in [9.17, 15) is 4.79 Å². The Labute approximate surface area is 142 Å². The predicted octanol–water partition coefficient (Wildman–Crippen LogP) is 3.68. The number of hydrogen-bond donors (Lipinski definition) is 2. The molecular formula is C20H25N3O. The van der Waals surface area contributed by atoms with E-state index in [2.05, 4.69) is 39.5 Å². The monoisotopic (exact) mass is 323 g/mol. The molecule has 126 valence electrons. The van der Waals surface area contributed by atoms with E-state index in [1.807, 2.05) is 6.07 Å². The van der Waals surface area contributed by atoms with Crippen molar-refractivity contribution in [1.82, 2.24) is 9.88 Å². The fourth-order valence-electron chi connectivity index (χ4n) is 4.24. The van der Waals surface area contributed by atoms with Crippen LogP contribution in [0.25, 0.3) is 0 Å². The molecule has 24 heavy (non-hydrogen) atoms. The lowest BCUT2D eigenvalue weighted by atomic mass is 10.0. The molecule has 2 unspecified atom stereocenters. The third-order valence-electron chi connectivity index (χ3n) is 5.48. The molecule has 0 radical (unpaired) electrons. The van der Waals surface area contributed by atoms with Gasteiger partial charge in [-0.25, -0.2) is 0 Å². The van der Waals surface area contributed by atoms with Crippen molar-refractivity contribution < 1.29 is 0 Å². The molecule has 3 heterocycles. The van der Waals surface area contributed by atoms with E-state index in [0.29, 0.717) is 12.6 Å². The van der Waals surface area contributed by atoms with E-state index in [1.54, 1.807) is 12.3 Å². The van der Waals surface area contributed by atoms with Gasteiger partial charge in [-0.3, -0.25) is 9.69 Å². The van der Waals surface area contributed by atoms with Crippen LogP contribution in [0.4, 0.5) is 5.69 Å². The molecular weight excluding hydrogens is 298 g/mol. The number of aromatic amines is 1. The van der Waals surface area contributed by atoms with E-state index < -0.39 is 0 Å². The number of nitrogens with one attached hydrogen (secondary N) is 2. The van der Waals surface area contributed by atoms with Crippen molar-refractivity contribution in [2.45, 2.75) is 50.7 Å². The first-order valence-electron chi connectivity index (χ1n) is 9.07. The van der Waals surface area contributed by atoms with Gasteiger partial charge in [0.15, 0.2) is 0 Å². The zero-order valence-electron chi connectivity index (χ0n) is 14.0. The molecule has 2 aliphatic heterocycles. The fraction of sp³-hybridized carbons (Fsp3) is 0.450. The Bertz CT molecular complexity index is 737. The number of benzene rings is 1. The van der Waals surface area contributed by atoms with Crippen LogP contribution in [0.1, 0.15) is 49.3 Å². The third-order valence-corrected chi connectivity index (χ3v) is 5.48. The predicted molar refractivity (Wildman–Crippen MR) is 97.2 cm³/mol. The fourth-order valence-corrected chi connectivity index (χ4v) is 4.24. The Morgan fingerprint density at radius 1 is 1.08 bits per heavy atom. The maximum atomic E-state index is 11.3. The molecule has 0 spiro atoms. The summed E-state index contributed by atoms with van der Waals surface area (Å²) in [6.07, 6.45) is 8.48. The number of aromatic nitrogens is 1. The van der Waals surface area contributed by atoms with Crippen LogP contribution in [0.5, 0.6) is 0 Å². The summed E-state index contributed by atoms with van der Waals surface area (Å²) in [4.78, 5) is 16.7. The largest absolute Gasteiger partial charge is 0.381 e. The number of rotatable bonds is 4. The van der Waals surface area contributed by atoms with Crippen LogP contribution in [-0.4, -0.2) is 22.5 Å². The van der Waals surface area contributed by atoms with E-state index in [-0.39, 0.29) is 5.56 Å². The lowest BCUT2D eigenvalue weighted by Crippen LogP contribution is -2.35. The van der Waals surface area contributed by atoms with Crippen LogP contribution in [-0.2, 0) is 6.54 Å². The Morgan fingerprint density at radius 3 is 2.79 bits per heavy atom. The van der Waals surface area contributed by atoms with Gasteiger partial charge in [-0.15, -0.1) is 0 Å². The summed E-state index contributed by atoms with van der Waals surface area (Å²) in [7, 11) is 0. The van der Waals surface area contributed by atoms with Crippen molar-refractivity contribution in [3.05, 3.63) is 64.1 Å². The molecule has 1 aromatic heterocycles. The summed E-state index contributed by atoms with van der Waals surface area (Å²) in [5.74, 6) is 0. The minimum absolute atomic E-state index is 0.0537. The van der Waals surface area contributed by atoms with Gasteiger partial charge in [-0.05, 0) is 61.6 Å².